The van der Waals surface area contributed by atoms with Crippen LogP contribution in [-0.2, 0) is 11.2 Å². The maximum Gasteiger partial charge on any atom is 0.266 e. The Morgan fingerprint density at radius 1 is 1.24 bits per heavy atom. The Hall–Kier alpha value is -3.11. The van der Waals surface area contributed by atoms with E-state index in [0.29, 0.717) is 16.1 Å². The molecule has 0 bridgehead atoms. The summed E-state index contributed by atoms with van der Waals surface area (Å²) in [6.07, 6.45) is 5.16. The van der Waals surface area contributed by atoms with E-state index in [2.05, 4.69) is 18.3 Å². The third-order valence-electron chi connectivity index (χ3n) is 6.12. The quantitative estimate of drug-likeness (QED) is 0.372. The van der Waals surface area contributed by atoms with Crippen molar-refractivity contribution >= 4 is 28.6 Å². The number of hydrogen-bond acceptors (Lipinski definition) is 5. The van der Waals surface area contributed by atoms with Crippen LogP contribution >= 0.6 is 11.8 Å². The monoisotopic (exact) mass is 460 g/mol. The molecule has 2 aromatic carbocycles. The zero-order valence-electron chi connectivity index (χ0n) is 19.0. The molecule has 170 valence electrons. The van der Waals surface area contributed by atoms with Crippen LogP contribution in [0.15, 0.2) is 58.5 Å². The Bertz CT molecular complexity index is 1260. The van der Waals surface area contributed by atoms with Gasteiger partial charge in [0.25, 0.3) is 5.56 Å². The first kappa shape index (κ1) is 23.1. The number of nitrogens with zero attached hydrogens (tertiary/aromatic N) is 3. The third kappa shape index (κ3) is 5.12. The zero-order valence-corrected chi connectivity index (χ0v) is 19.8. The summed E-state index contributed by atoms with van der Waals surface area (Å²) in [6.45, 7) is 3.94. The lowest BCUT2D eigenvalue weighted by Gasteiger charge is -2.22. The molecule has 0 saturated heterocycles. The number of rotatable bonds is 9. The molecule has 1 heterocycles. The molecule has 1 aliphatic carbocycles. The molecule has 1 amide bonds. The number of carbonyl (C=O) groups excluding carboxylic acids is 1. The van der Waals surface area contributed by atoms with Crippen LogP contribution in [0.1, 0.15) is 45.1 Å². The number of para-hydroxylation sites is 1. The van der Waals surface area contributed by atoms with E-state index in [-0.39, 0.29) is 23.1 Å². The molecule has 1 aliphatic rings. The fraction of sp³-hybridized carbons (Fsp3) is 0.385. The van der Waals surface area contributed by atoms with Crippen LogP contribution in [0, 0.1) is 17.2 Å². The summed E-state index contributed by atoms with van der Waals surface area (Å²) in [6, 6.07) is 17.5. The van der Waals surface area contributed by atoms with E-state index in [1.165, 1.54) is 17.3 Å². The van der Waals surface area contributed by atoms with Gasteiger partial charge in [-0.15, -0.1) is 0 Å². The smallest absolute Gasteiger partial charge is 0.266 e. The van der Waals surface area contributed by atoms with Gasteiger partial charge in [-0.3, -0.25) is 14.2 Å². The summed E-state index contributed by atoms with van der Waals surface area (Å²) < 4.78 is 1.58. The summed E-state index contributed by atoms with van der Waals surface area (Å²) in [4.78, 5) is 30.8. The number of amides is 1. The van der Waals surface area contributed by atoms with Gasteiger partial charge in [0.2, 0.25) is 5.91 Å². The summed E-state index contributed by atoms with van der Waals surface area (Å²) in [5, 5.41) is 13.4. The average Bonchev–Trinajstić information content (AvgIpc) is 3.68. The van der Waals surface area contributed by atoms with Crippen LogP contribution < -0.4 is 10.9 Å². The first-order valence-electron chi connectivity index (χ1n) is 11.4. The van der Waals surface area contributed by atoms with Crippen molar-refractivity contribution in [3.05, 3.63) is 64.4 Å². The highest BCUT2D eigenvalue weighted by Gasteiger charge is 2.43. The van der Waals surface area contributed by atoms with E-state index < -0.39 is 5.54 Å². The number of carbonyl (C=O) groups is 1. The molecule has 1 fully saturated rings. The van der Waals surface area contributed by atoms with Crippen molar-refractivity contribution in [2.24, 2.45) is 5.92 Å². The molecule has 1 unspecified atom stereocenters. The molecule has 4 rings (SSSR count). The van der Waals surface area contributed by atoms with Crippen LogP contribution in [0.4, 0.5) is 0 Å². The lowest BCUT2D eigenvalue weighted by Crippen LogP contribution is -2.47. The van der Waals surface area contributed by atoms with Gasteiger partial charge in [-0.25, -0.2) is 4.98 Å². The number of thioether (sulfide) groups is 1. The third-order valence-corrected chi connectivity index (χ3v) is 7.05. The number of unbranched alkanes of at least 4 members (excludes halogenated alkanes) is 1. The van der Waals surface area contributed by atoms with Crippen molar-refractivity contribution in [3.8, 4) is 11.8 Å². The van der Waals surface area contributed by atoms with E-state index in [1.807, 2.05) is 36.4 Å². The number of benzene rings is 2. The molecule has 33 heavy (non-hydrogen) atoms. The highest BCUT2D eigenvalue weighted by atomic mass is 32.2. The molecule has 0 spiro atoms. The van der Waals surface area contributed by atoms with E-state index >= 15 is 0 Å². The largest absolute Gasteiger partial charge is 0.337 e. The predicted molar refractivity (Wildman–Crippen MR) is 132 cm³/mol. The van der Waals surface area contributed by atoms with Crippen molar-refractivity contribution < 1.29 is 4.79 Å². The summed E-state index contributed by atoms with van der Waals surface area (Å²) in [7, 11) is 0. The second-order valence-corrected chi connectivity index (χ2v) is 9.69. The zero-order chi connectivity index (χ0) is 23.4. The minimum Gasteiger partial charge on any atom is -0.337 e. The highest BCUT2D eigenvalue weighted by Crippen LogP contribution is 2.39. The second kappa shape index (κ2) is 9.80. The van der Waals surface area contributed by atoms with Crippen LogP contribution in [0.3, 0.4) is 0 Å². The molecule has 1 atom stereocenters. The maximum atomic E-state index is 13.4. The van der Waals surface area contributed by atoms with Crippen LogP contribution in [0.5, 0.6) is 0 Å². The molecule has 0 aliphatic heterocycles. The van der Waals surface area contributed by atoms with Crippen molar-refractivity contribution in [3.63, 3.8) is 0 Å². The van der Waals surface area contributed by atoms with Gasteiger partial charge in [0, 0.05) is 0 Å². The molecule has 1 N–H and O–H groups in total. The van der Waals surface area contributed by atoms with Crippen molar-refractivity contribution in [2.45, 2.75) is 56.6 Å². The molecule has 6 nitrogen and oxygen atoms in total. The topological polar surface area (TPSA) is 87.8 Å². The maximum absolute atomic E-state index is 13.4. The molecule has 3 aromatic rings. The second-order valence-electron chi connectivity index (χ2n) is 8.75. The fourth-order valence-corrected chi connectivity index (χ4v) is 4.78. The van der Waals surface area contributed by atoms with E-state index in [1.54, 1.807) is 23.6 Å². The van der Waals surface area contributed by atoms with Crippen molar-refractivity contribution in [2.75, 3.05) is 5.75 Å². The number of aryl methyl sites for hydroxylation is 1. The standard InChI is InChI=1S/C26H28N4O2S/c1-3-4-7-18-10-14-20(15-11-18)30-24(32)21-8-5-6-9-22(21)28-25(30)33-16-23(31)29-26(2,17-27)19-12-13-19/h5-6,8-11,14-15,19H,3-4,7,12-13,16H2,1-2H3,(H,29,31). The van der Waals surface area contributed by atoms with E-state index in [4.69, 9.17) is 4.98 Å². The van der Waals surface area contributed by atoms with Gasteiger partial charge in [0.05, 0.1) is 28.4 Å². The Balaban J connectivity index is 1.63. The predicted octanol–water partition coefficient (Wildman–Crippen LogP) is 4.63. The summed E-state index contributed by atoms with van der Waals surface area (Å²) in [5.41, 5.74) is 1.54. The number of aromatic nitrogens is 2. The lowest BCUT2D eigenvalue weighted by molar-refractivity contribution is -0.119. The number of nitrogens with one attached hydrogen (secondary N) is 1. The minimum absolute atomic E-state index is 0.0728. The van der Waals surface area contributed by atoms with Crippen LogP contribution in [-0.4, -0.2) is 26.8 Å². The molecular weight excluding hydrogens is 432 g/mol. The number of nitriles is 1. The number of hydrogen-bond donors (Lipinski definition) is 1. The fourth-order valence-electron chi connectivity index (χ4n) is 3.97. The van der Waals surface area contributed by atoms with Gasteiger partial charge in [0.15, 0.2) is 5.16 Å². The van der Waals surface area contributed by atoms with Gasteiger partial charge in [-0.1, -0.05) is 49.4 Å². The van der Waals surface area contributed by atoms with E-state index in [9.17, 15) is 14.9 Å². The molecule has 7 heteroatoms. The number of fused-ring (bicyclic) bond motifs is 1. The van der Waals surface area contributed by atoms with Crippen LogP contribution in [0.2, 0.25) is 0 Å². The van der Waals surface area contributed by atoms with Gasteiger partial charge in [0.1, 0.15) is 5.54 Å². The Morgan fingerprint density at radius 2 is 1.97 bits per heavy atom. The van der Waals surface area contributed by atoms with Gasteiger partial charge >= 0.3 is 0 Å². The molecular formula is C26H28N4O2S. The van der Waals surface area contributed by atoms with Crippen molar-refractivity contribution in [1.29, 1.82) is 5.26 Å². The van der Waals surface area contributed by atoms with E-state index in [0.717, 1.165) is 37.8 Å². The SMILES string of the molecule is CCCCc1ccc(-n2c(SCC(=O)NC(C)(C#N)C3CC3)nc3ccccc3c2=O)cc1. The summed E-state index contributed by atoms with van der Waals surface area (Å²) in [5.74, 6) is 0.0445. The Labute approximate surface area is 198 Å². The lowest BCUT2D eigenvalue weighted by atomic mass is 9.98. The molecule has 1 saturated carbocycles. The van der Waals surface area contributed by atoms with Crippen LogP contribution in [0.25, 0.3) is 16.6 Å². The summed E-state index contributed by atoms with van der Waals surface area (Å²) >= 11 is 1.21. The first-order chi connectivity index (χ1) is 15.9. The highest BCUT2D eigenvalue weighted by molar-refractivity contribution is 7.99. The first-order valence-corrected chi connectivity index (χ1v) is 12.4. The van der Waals surface area contributed by atoms with Crippen molar-refractivity contribution in [1.82, 2.24) is 14.9 Å². The van der Waals surface area contributed by atoms with Gasteiger partial charge < -0.3 is 5.32 Å². The molecule has 1 aromatic heterocycles. The Kier molecular flexibility index (Phi) is 6.85. The molecule has 0 radical (unpaired) electrons. The average molecular weight is 461 g/mol. The normalized spacial score (nSPS) is 15.1. The van der Waals surface area contributed by atoms with Gasteiger partial charge in [-0.05, 0) is 68.4 Å². The minimum atomic E-state index is -0.845. The van der Waals surface area contributed by atoms with Gasteiger partial charge in [-0.2, -0.15) is 5.26 Å². The Morgan fingerprint density at radius 3 is 2.64 bits per heavy atom.